The lowest BCUT2D eigenvalue weighted by Gasteiger charge is -2.27. The molecule has 0 saturated carbocycles. The molecule has 2 unspecified atom stereocenters. The van der Waals surface area contributed by atoms with Gasteiger partial charge in [0.05, 0.1) is 25.1 Å². The van der Waals surface area contributed by atoms with Crippen molar-refractivity contribution >= 4 is 23.2 Å². The molecular weight excluding hydrogens is 360 g/mol. The number of rotatable bonds is 8. The average Bonchev–Trinajstić information content (AvgIpc) is 3.35. The van der Waals surface area contributed by atoms with Crippen LogP contribution in [0.5, 0.6) is 0 Å². The third-order valence-corrected chi connectivity index (χ3v) is 5.55. The minimum absolute atomic E-state index is 0.0292. The van der Waals surface area contributed by atoms with Crippen molar-refractivity contribution in [3.8, 4) is 0 Å². The Labute approximate surface area is 164 Å². The van der Waals surface area contributed by atoms with Gasteiger partial charge in [-0.2, -0.15) is 0 Å². The minimum Gasteiger partial charge on any atom is -0.376 e. The number of thiophene rings is 1. The summed E-state index contributed by atoms with van der Waals surface area (Å²) in [6.45, 7) is 3.43. The van der Waals surface area contributed by atoms with Crippen molar-refractivity contribution in [2.45, 2.75) is 44.9 Å². The first-order valence-electron chi connectivity index (χ1n) is 9.35. The van der Waals surface area contributed by atoms with E-state index in [2.05, 4.69) is 5.32 Å². The highest BCUT2D eigenvalue weighted by Crippen LogP contribution is 2.22. The van der Waals surface area contributed by atoms with Gasteiger partial charge >= 0.3 is 0 Å². The molecule has 6 heteroatoms. The van der Waals surface area contributed by atoms with Crippen LogP contribution in [0.15, 0.2) is 47.8 Å². The first-order chi connectivity index (χ1) is 13.1. The van der Waals surface area contributed by atoms with Crippen molar-refractivity contribution in [1.29, 1.82) is 0 Å². The van der Waals surface area contributed by atoms with E-state index < -0.39 is 0 Å². The van der Waals surface area contributed by atoms with Crippen LogP contribution >= 0.6 is 11.3 Å². The number of hydrogen-bond donors (Lipinski definition) is 1. The lowest BCUT2D eigenvalue weighted by Crippen LogP contribution is -2.39. The van der Waals surface area contributed by atoms with E-state index >= 15 is 0 Å². The largest absolute Gasteiger partial charge is 0.376 e. The van der Waals surface area contributed by atoms with Crippen LogP contribution < -0.4 is 5.32 Å². The first kappa shape index (κ1) is 19.6. The zero-order chi connectivity index (χ0) is 19.1. The van der Waals surface area contributed by atoms with Gasteiger partial charge in [-0.1, -0.05) is 36.4 Å². The number of nitrogens with zero attached hydrogens (tertiary/aromatic N) is 1. The Bertz CT molecular complexity index is 727. The summed E-state index contributed by atoms with van der Waals surface area (Å²) in [7, 11) is 0. The van der Waals surface area contributed by atoms with Crippen molar-refractivity contribution in [3.05, 3.63) is 58.3 Å². The topological polar surface area (TPSA) is 58.6 Å². The molecule has 2 aromatic rings. The van der Waals surface area contributed by atoms with Gasteiger partial charge in [0, 0.05) is 25.0 Å². The van der Waals surface area contributed by atoms with E-state index in [0.29, 0.717) is 13.1 Å². The van der Waals surface area contributed by atoms with Gasteiger partial charge in [-0.15, -0.1) is 11.3 Å². The van der Waals surface area contributed by atoms with E-state index in [1.165, 1.54) is 6.92 Å². The summed E-state index contributed by atoms with van der Waals surface area (Å²) in [4.78, 5) is 27.8. The average molecular weight is 387 g/mol. The second-order valence-electron chi connectivity index (χ2n) is 6.86. The lowest BCUT2D eigenvalue weighted by atomic mass is 10.0. The van der Waals surface area contributed by atoms with Gasteiger partial charge in [-0.05, 0) is 29.9 Å². The summed E-state index contributed by atoms with van der Waals surface area (Å²) in [5, 5.41) is 4.94. The quantitative estimate of drug-likeness (QED) is 0.755. The number of hydrogen-bond acceptors (Lipinski definition) is 4. The molecule has 1 saturated heterocycles. The maximum atomic E-state index is 13.1. The molecule has 0 aliphatic carbocycles. The first-order valence-corrected chi connectivity index (χ1v) is 10.2. The molecule has 3 rings (SSSR count). The normalized spacial score (nSPS) is 17.4. The van der Waals surface area contributed by atoms with E-state index in [9.17, 15) is 9.59 Å². The third kappa shape index (κ3) is 5.91. The summed E-state index contributed by atoms with van der Waals surface area (Å²) in [6.07, 6.45) is 2.37. The molecule has 2 heterocycles. The molecule has 0 bridgehead atoms. The smallest absolute Gasteiger partial charge is 0.225 e. The minimum atomic E-state index is -0.327. The van der Waals surface area contributed by atoms with Crippen LogP contribution in [-0.4, -0.2) is 36.0 Å². The standard InChI is InChI=1S/C21H26N2O3S/c1-16(24)22-20(17-7-3-2-4-8-17)13-21(25)23(14-18-9-5-11-26-18)15-19-10-6-12-27-19/h2-4,6-8,10,12,18,20H,5,9,11,13-15H2,1H3,(H,22,24). The van der Waals surface area contributed by atoms with Crippen LogP contribution in [0.2, 0.25) is 0 Å². The van der Waals surface area contributed by atoms with Gasteiger partial charge in [-0.25, -0.2) is 0 Å². The van der Waals surface area contributed by atoms with Crippen LogP contribution in [0, 0.1) is 0 Å². The molecule has 1 N–H and O–H groups in total. The SMILES string of the molecule is CC(=O)NC(CC(=O)N(Cc1cccs1)CC1CCCO1)c1ccccc1. The number of ether oxygens (including phenoxy) is 1. The Kier molecular flexibility index (Phi) is 7.01. The number of carbonyl (C=O) groups excluding carboxylic acids is 2. The van der Waals surface area contributed by atoms with Gasteiger partial charge in [0.25, 0.3) is 0 Å². The summed E-state index contributed by atoms with van der Waals surface area (Å²) < 4.78 is 5.75. The molecule has 0 radical (unpaired) electrons. The predicted molar refractivity (Wildman–Crippen MR) is 106 cm³/mol. The number of nitrogens with one attached hydrogen (secondary N) is 1. The second kappa shape index (κ2) is 9.67. The molecule has 2 amide bonds. The molecule has 5 nitrogen and oxygen atoms in total. The fourth-order valence-corrected chi connectivity index (χ4v) is 4.09. The van der Waals surface area contributed by atoms with E-state index in [1.54, 1.807) is 11.3 Å². The molecule has 1 aliphatic heterocycles. The Morgan fingerprint density at radius 3 is 2.70 bits per heavy atom. The van der Waals surface area contributed by atoms with Gasteiger partial charge in [0.15, 0.2) is 0 Å². The van der Waals surface area contributed by atoms with E-state index in [1.807, 2.05) is 52.7 Å². The van der Waals surface area contributed by atoms with Crippen molar-refractivity contribution < 1.29 is 14.3 Å². The van der Waals surface area contributed by atoms with Crippen molar-refractivity contribution in [2.75, 3.05) is 13.2 Å². The predicted octanol–water partition coefficient (Wildman–Crippen LogP) is 3.52. The van der Waals surface area contributed by atoms with E-state index in [0.717, 1.165) is 29.9 Å². The number of benzene rings is 1. The summed E-state index contributed by atoms with van der Waals surface area (Å²) in [5.41, 5.74) is 0.939. The van der Waals surface area contributed by atoms with Gasteiger partial charge in [-0.3, -0.25) is 9.59 Å². The van der Waals surface area contributed by atoms with Crippen LogP contribution in [0.1, 0.15) is 42.7 Å². The van der Waals surface area contributed by atoms with Gasteiger partial charge < -0.3 is 15.0 Å². The summed E-state index contributed by atoms with van der Waals surface area (Å²) in [5.74, 6) is -0.109. The zero-order valence-corrected chi connectivity index (χ0v) is 16.4. The molecule has 1 aromatic carbocycles. The Morgan fingerprint density at radius 2 is 2.07 bits per heavy atom. The zero-order valence-electron chi connectivity index (χ0n) is 15.6. The Hall–Kier alpha value is -2.18. The second-order valence-corrected chi connectivity index (χ2v) is 7.89. The van der Waals surface area contributed by atoms with E-state index in [-0.39, 0.29) is 30.4 Å². The fraction of sp³-hybridized carbons (Fsp3) is 0.429. The van der Waals surface area contributed by atoms with Crippen molar-refractivity contribution in [1.82, 2.24) is 10.2 Å². The molecule has 27 heavy (non-hydrogen) atoms. The van der Waals surface area contributed by atoms with Crippen LogP contribution in [-0.2, 0) is 20.9 Å². The molecule has 1 aromatic heterocycles. The van der Waals surface area contributed by atoms with Gasteiger partial charge in [0.1, 0.15) is 0 Å². The van der Waals surface area contributed by atoms with Crippen molar-refractivity contribution in [2.24, 2.45) is 0 Å². The van der Waals surface area contributed by atoms with Crippen molar-refractivity contribution in [3.63, 3.8) is 0 Å². The molecule has 0 spiro atoms. The molecule has 1 aliphatic rings. The van der Waals surface area contributed by atoms with Crippen LogP contribution in [0.4, 0.5) is 0 Å². The Morgan fingerprint density at radius 1 is 1.26 bits per heavy atom. The number of amides is 2. The monoisotopic (exact) mass is 386 g/mol. The summed E-state index contributed by atoms with van der Waals surface area (Å²) >= 11 is 1.65. The molecule has 144 valence electrons. The highest BCUT2D eigenvalue weighted by atomic mass is 32.1. The molecule has 2 atom stereocenters. The third-order valence-electron chi connectivity index (χ3n) is 4.69. The fourth-order valence-electron chi connectivity index (χ4n) is 3.37. The molecular formula is C21H26N2O3S. The van der Waals surface area contributed by atoms with Crippen LogP contribution in [0.25, 0.3) is 0 Å². The Balaban J connectivity index is 1.72. The highest BCUT2D eigenvalue weighted by molar-refractivity contribution is 7.09. The lowest BCUT2D eigenvalue weighted by molar-refractivity contribution is -0.134. The highest BCUT2D eigenvalue weighted by Gasteiger charge is 2.26. The molecule has 1 fully saturated rings. The van der Waals surface area contributed by atoms with Gasteiger partial charge in [0.2, 0.25) is 11.8 Å². The number of carbonyl (C=O) groups is 2. The summed E-state index contributed by atoms with van der Waals surface area (Å²) in [6, 6.07) is 13.4. The van der Waals surface area contributed by atoms with Crippen LogP contribution in [0.3, 0.4) is 0 Å². The maximum Gasteiger partial charge on any atom is 0.225 e. The van der Waals surface area contributed by atoms with E-state index in [4.69, 9.17) is 4.74 Å². The maximum absolute atomic E-state index is 13.1.